The number of carbonyl (C=O) groups is 1. The minimum absolute atomic E-state index is 0.102. The summed E-state index contributed by atoms with van der Waals surface area (Å²) in [5.74, 6) is 0.392. The summed E-state index contributed by atoms with van der Waals surface area (Å²) in [7, 11) is 0. The number of rotatable bonds is 4. The van der Waals surface area contributed by atoms with Crippen LogP contribution in [0, 0.1) is 5.41 Å². The maximum Gasteiger partial charge on any atom is 0.230 e. The molecule has 0 saturated heterocycles. The third-order valence-corrected chi connectivity index (χ3v) is 3.66. The normalized spacial score (nSPS) is 13.4. The summed E-state index contributed by atoms with van der Waals surface area (Å²) in [6.45, 7) is 7.82. The Morgan fingerprint density at radius 3 is 2.77 bits per heavy atom. The van der Waals surface area contributed by atoms with E-state index in [1.807, 2.05) is 26.8 Å². The number of aliphatic hydroxyl groups is 1. The molecule has 0 aromatic carbocycles. The van der Waals surface area contributed by atoms with Gasteiger partial charge in [-0.1, -0.05) is 20.8 Å². The van der Waals surface area contributed by atoms with Gasteiger partial charge in [-0.3, -0.25) is 4.79 Å². The van der Waals surface area contributed by atoms with Gasteiger partial charge in [0.25, 0.3) is 0 Å². The number of aromatic nitrogens is 3. The molecule has 0 saturated carbocycles. The predicted octanol–water partition coefficient (Wildman–Crippen LogP) is 2.95. The molecule has 1 atom stereocenters. The smallest absolute Gasteiger partial charge is 0.230 e. The molecule has 1 amide bonds. The van der Waals surface area contributed by atoms with Gasteiger partial charge in [0.15, 0.2) is 11.5 Å². The lowest BCUT2D eigenvalue weighted by atomic mass is 9.96. The van der Waals surface area contributed by atoms with Crippen LogP contribution in [0.2, 0.25) is 0 Å². The lowest BCUT2D eigenvalue weighted by molar-refractivity contribution is -0.123. The van der Waals surface area contributed by atoms with Crippen LogP contribution < -0.4 is 5.32 Å². The van der Waals surface area contributed by atoms with E-state index in [0.717, 1.165) is 9.86 Å². The van der Waals surface area contributed by atoms with Crippen molar-refractivity contribution in [3.05, 3.63) is 16.7 Å². The Kier molecular flexibility index (Phi) is 4.87. The first-order chi connectivity index (χ1) is 10.2. The average molecular weight is 369 g/mol. The number of fused-ring (bicyclic) bond motifs is 1. The molecular formula is C15H21BrN4O2. The Morgan fingerprint density at radius 1 is 1.50 bits per heavy atom. The van der Waals surface area contributed by atoms with E-state index in [4.69, 9.17) is 0 Å². The highest BCUT2D eigenvalue weighted by Gasteiger charge is 2.23. The first kappa shape index (κ1) is 16.9. The quantitative estimate of drug-likeness (QED) is 0.869. The van der Waals surface area contributed by atoms with Gasteiger partial charge in [0.2, 0.25) is 5.91 Å². The van der Waals surface area contributed by atoms with Crippen molar-refractivity contribution >= 4 is 38.7 Å². The van der Waals surface area contributed by atoms with Crippen LogP contribution in [-0.4, -0.2) is 31.9 Å². The number of hydrogen-bond acceptors (Lipinski definition) is 4. The van der Waals surface area contributed by atoms with Crippen LogP contribution in [0.4, 0.5) is 5.82 Å². The fourth-order valence-corrected chi connectivity index (χ4v) is 2.22. The number of amides is 1. The Morgan fingerprint density at radius 2 is 2.18 bits per heavy atom. The van der Waals surface area contributed by atoms with E-state index < -0.39 is 11.5 Å². The molecule has 120 valence electrons. The second kappa shape index (κ2) is 6.34. The minimum Gasteiger partial charge on any atom is -0.393 e. The zero-order valence-corrected chi connectivity index (χ0v) is 14.8. The third kappa shape index (κ3) is 3.84. The van der Waals surface area contributed by atoms with Gasteiger partial charge in [-0.15, -0.1) is 0 Å². The molecule has 0 spiro atoms. The maximum absolute atomic E-state index is 12.2. The molecule has 22 heavy (non-hydrogen) atoms. The van der Waals surface area contributed by atoms with Gasteiger partial charge in [-0.05, 0) is 35.3 Å². The molecule has 0 aliphatic heterocycles. The van der Waals surface area contributed by atoms with E-state index in [0.29, 0.717) is 24.4 Å². The number of halogens is 1. The Hall–Kier alpha value is -1.47. The zero-order valence-electron chi connectivity index (χ0n) is 13.2. The van der Waals surface area contributed by atoms with Crippen molar-refractivity contribution in [3.63, 3.8) is 0 Å². The molecule has 0 fully saturated rings. The van der Waals surface area contributed by atoms with Crippen LogP contribution in [0.25, 0.3) is 11.0 Å². The summed E-state index contributed by atoms with van der Waals surface area (Å²) in [6, 6.07) is 1.88. The van der Waals surface area contributed by atoms with E-state index >= 15 is 0 Å². The van der Waals surface area contributed by atoms with Gasteiger partial charge >= 0.3 is 0 Å². The molecule has 0 aliphatic rings. The molecule has 0 bridgehead atoms. The van der Waals surface area contributed by atoms with Gasteiger partial charge in [0, 0.05) is 22.6 Å². The minimum atomic E-state index is -0.505. The van der Waals surface area contributed by atoms with Gasteiger partial charge in [0.1, 0.15) is 0 Å². The average Bonchev–Trinajstić information content (AvgIpc) is 2.73. The molecule has 0 radical (unpaired) electrons. The topological polar surface area (TPSA) is 80.0 Å². The highest BCUT2D eigenvalue weighted by atomic mass is 79.9. The van der Waals surface area contributed by atoms with E-state index in [1.54, 1.807) is 17.8 Å². The number of aryl methyl sites for hydroxylation is 1. The largest absolute Gasteiger partial charge is 0.393 e. The highest BCUT2D eigenvalue weighted by Crippen LogP contribution is 2.26. The van der Waals surface area contributed by atoms with Crippen LogP contribution in [-0.2, 0) is 11.3 Å². The number of nitrogens with zero attached hydrogens (tertiary/aromatic N) is 3. The number of pyridine rings is 1. The molecule has 6 nitrogen and oxygen atoms in total. The van der Waals surface area contributed by atoms with Crippen molar-refractivity contribution in [3.8, 4) is 0 Å². The predicted molar refractivity (Wildman–Crippen MR) is 89.6 cm³/mol. The first-order valence-corrected chi connectivity index (χ1v) is 7.99. The zero-order chi connectivity index (χ0) is 16.5. The number of hydrogen-bond donors (Lipinski definition) is 2. The van der Waals surface area contributed by atoms with Gasteiger partial charge in [0.05, 0.1) is 11.5 Å². The van der Waals surface area contributed by atoms with Gasteiger partial charge in [-0.25, -0.2) is 9.67 Å². The van der Waals surface area contributed by atoms with Crippen LogP contribution >= 0.6 is 15.9 Å². The summed E-state index contributed by atoms with van der Waals surface area (Å²) in [5, 5.41) is 17.5. The monoisotopic (exact) mass is 368 g/mol. The second-order valence-corrected chi connectivity index (χ2v) is 7.35. The van der Waals surface area contributed by atoms with Crippen molar-refractivity contribution < 1.29 is 9.90 Å². The van der Waals surface area contributed by atoms with Crippen LogP contribution in [0.3, 0.4) is 0 Å². The summed E-state index contributed by atoms with van der Waals surface area (Å²) in [6.07, 6.45) is 1.85. The molecule has 1 unspecified atom stereocenters. The fourth-order valence-electron chi connectivity index (χ4n) is 1.89. The number of carbonyl (C=O) groups excluding carboxylic acids is 1. The van der Waals surface area contributed by atoms with Crippen LogP contribution in [0.1, 0.15) is 34.1 Å². The summed E-state index contributed by atoms with van der Waals surface area (Å²) < 4.78 is 2.54. The second-order valence-electron chi connectivity index (χ2n) is 6.44. The van der Waals surface area contributed by atoms with Crippen molar-refractivity contribution in [1.82, 2.24) is 14.8 Å². The third-order valence-electron chi connectivity index (χ3n) is 3.23. The lowest BCUT2D eigenvalue weighted by Gasteiger charge is -2.16. The highest BCUT2D eigenvalue weighted by molar-refractivity contribution is 9.10. The van der Waals surface area contributed by atoms with E-state index in [-0.39, 0.29) is 5.91 Å². The summed E-state index contributed by atoms with van der Waals surface area (Å²) in [5.41, 5.74) is 0.183. The number of anilines is 1. The summed E-state index contributed by atoms with van der Waals surface area (Å²) in [4.78, 5) is 16.6. The Bertz CT molecular complexity index is 689. The molecule has 2 heterocycles. The Labute approximate surface area is 138 Å². The van der Waals surface area contributed by atoms with Crippen molar-refractivity contribution in [2.45, 2.75) is 46.8 Å². The molecule has 2 N–H and O–H groups in total. The van der Waals surface area contributed by atoms with Crippen molar-refractivity contribution in [2.75, 3.05) is 5.32 Å². The standard InChI is InChI=1S/C15H21BrN4O2/c1-9(21)5-6-20-13-11(7-10(16)8-17-13)12(19-20)18-14(22)15(2,3)4/h7-9,21H,5-6H2,1-4H3,(H,18,19,22). The molecule has 2 aromatic heterocycles. The Balaban J connectivity index is 2.40. The SMILES string of the molecule is CC(O)CCn1nc(NC(=O)C(C)(C)C)c2cc(Br)cnc21. The molecule has 0 aliphatic carbocycles. The van der Waals surface area contributed by atoms with Gasteiger partial charge in [-0.2, -0.15) is 5.10 Å². The van der Waals surface area contributed by atoms with Crippen molar-refractivity contribution in [2.24, 2.45) is 5.41 Å². The van der Waals surface area contributed by atoms with E-state index in [1.165, 1.54) is 0 Å². The number of nitrogens with one attached hydrogen (secondary N) is 1. The summed E-state index contributed by atoms with van der Waals surface area (Å²) >= 11 is 3.39. The fraction of sp³-hybridized carbons (Fsp3) is 0.533. The van der Waals surface area contributed by atoms with Crippen LogP contribution in [0.5, 0.6) is 0 Å². The number of aliphatic hydroxyl groups excluding tert-OH is 1. The van der Waals surface area contributed by atoms with Gasteiger partial charge < -0.3 is 10.4 Å². The van der Waals surface area contributed by atoms with E-state index in [9.17, 15) is 9.90 Å². The van der Waals surface area contributed by atoms with Crippen LogP contribution in [0.15, 0.2) is 16.7 Å². The first-order valence-electron chi connectivity index (χ1n) is 7.20. The van der Waals surface area contributed by atoms with Crippen molar-refractivity contribution in [1.29, 1.82) is 0 Å². The maximum atomic E-state index is 12.2. The molecule has 2 rings (SSSR count). The molecule has 2 aromatic rings. The lowest BCUT2D eigenvalue weighted by Crippen LogP contribution is -2.28. The molecule has 7 heteroatoms. The molecular weight excluding hydrogens is 348 g/mol. The van der Waals surface area contributed by atoms with E-state index in [2.05, 4.69) is 31.3 Å².